The number of rotatable bonds is 5. The molecule has 32 heavy (non-hydrogen) atoms. The summed E-state index contributed by atoms with van der Waals surface area (Å²) < 4.78 is 42.0. The van der Waals surface area contributed by atoms with Crippen LogP contribution in [0.4, 0.5) is 13.2 Å². The number of nitrogens with zero attached hydrogens (tertiary/aromatic N) is 5. The van der Waals surface area contributed by atoms with Crippen molar-refractivity contribution in [3.8, 4) is 0 Å². The SMILES string of the molecule is O=C(C[C@H]1CC[C@H](C(=O)O)CC1)N1CCc2c(C(F)(F)F)nn(Cc3cncnc3)c2C1. The highest BCUT2D eigenvalue weighted by Gasteiger charge is 2.41. The lowest BCUT2D eigenvalue weighted by molar-refractivity contribution is -0.143. The maximum atomic E-state index is 13.6. The van der Waals surface area contributed by atoms with Gasteiger partial charge in [0.25, 0.3) is 0 Å². The third-order valence-electron chi connectivity index (χ3n) is 6.37. The van der Waals surface area contributed by atoms with Gasteiger partial charge >= 0.3 is 12.1 Å². The third-order valence-corrected chi connectivity index (χ3v) is 6.37. The number of carbonyl (C=O) groups is 2. The van der Waals surface area contributed by atoms with Gasteiger partial charge in [0.05, 0.1) is 24.7 Å². The summed E-state index contributed by atoms with van der Waals surface area (Å²) in [5.74, 6) is -1.15. The summed E-state index contributed by atoms with van der Waals surface area (Å²) in [6, 6.07) is 0. The van der Waals surface area contributed by atoms with Crippen LogP contribution in [0.2, 0.25) is 0 Å². The lowest BCUT2D eigenvalue weighted by Crippen LogP contribution is -2.38. The topological polar surface area (TPSA) is 101 Å². The van der Waals surface area contributed by atoms with Gasteiger partial charge in [0.2, 0.25) is 5.91 Å². The average molecular weight is 451 g/mol. The average Bonchev–Trinajstić information content (AvgIpc) is 3.13. The number of hydrogen-bond acceptors (Lipinski definition) is 5. The normalized spacial score (nSPS) is 21.3. The van der Waals surface area contributed by atoms with Gasteiger partial charge in [-0.2, -0.15) is 18.3 Å². The maximum Gasteiger partial charge on any atom is 0.435 e. The van der Waals surface area contributed by atoms with Crippen molar-refractivity contribution in [1.29, 1.82) is 0 Å². The van der Waals surface area contributed by atoms with Gasteiger partial charge < -0.3 is 10.0 Å². The fourth-order valence-electron chi connectivity index (χ4n) is 4.63. The van der Waals surface area contributed by atoms with E-state index in [0.717, 1.165) is 0 Å². The fraction of sp³-hybridized carbons (Fsp3) is 0.571. The molecule has 8 nitrogen and oxygen atoms in total. The van der Waals surface area contributed by atoms with Crippen molar-refractivity contribution in [2.24, 2.45) is 11.8 Å². The number of carboxylic acids is 1. The minimum Gasteiger partial charge on any atom is -0.481 e. The highest BCUT2D eigenvalue weighted by atomic mass is 19.4. The number of aromatic nitrogens is 4. The van der Waals surface area contributed by atoms with E-state index in [-0.39, 0.29) is 55.8 Å². The first-order valence-electron chi connectivity index (χ1n) is 10.6. The molecule has 2 aromatic heterocycles. The van der Waals surface area contributed by atoms with Crippen LogP contribution in [0.1, 0.15) is 54.6 Å². The van der Waals surface area contributed by atoms with Crippen LogP contribution in [0.15, 0.2) is 18.7 Å². The number of alkyl halides is 3. The van der Waals surface area contributed by atoms with Crippen molar-refractivity contribution in [3.63, 3.8) is 0 Å². The number of aliphatic carboxylic acids is 1. The molecule has 1 fully saturated rings. The van der Waals surface area contributed by atoms with Crippen LogP contribution in [-0.2, 0) is 35.3 Å². The van der Waals surface area contributed by atoms with Gasteiger partial charge in [-0.15, -0.1) is 0 Å². The largest absolute Gasteiger partial charge is 0.481 e. The quantitative estimate of drug-likeness (QED) is 0.750. The molecule has 0 unspecified atom stereocenters. The molecule has 3 heterocycles. The molecule has 11 heteroatoms. The number of carboxylic acid groups (broad SMARTS) is 1. The molecule has 1 amide bonds. The van der Waals surface area contributed by atoms with Gasteiger partial charge in [0.1, 0.15) is 6.33 Å². The van der Waals surface area contributed by atoms with Gasteiger partial charge in [0, 0.05) is 36.5 Å². The molecule has 0 radical (unpaired) electrons. The molecule has 2 aromatic rings. The molecule has 2 aliphatic rings. The van der Waals surface area contributed by atoms with Crippen LogP contribution in [0.25, 0.3) is 0 Å². The lowest BCUT2D eigenvalue weighted by atomic mass is 9.80. The Labute approximate surface area is 182 Å². The summed E-state index contributed by atoms with van der Waals surface area (Å²) >= 11 is 0. The number of hydrogen-bond donors (Lipinski definition) is 1. The summed E-state index contributed by atoms with van der Waals surface area (Å²) in [4.78, 5) is 33.4. The lowest BCUT2D eigenvalue weighted by Gasteiger charge is -2.31. The van der Waals surface area contributed by atoms with Crippen molar-refractivity contribution in [1.82, 2.24) is 24.6 Å². The molecule has 1 N–H and O–H groups in total. The van der Waals surface area contributed by atoms with E-state index in [0.29, 0.717) is 36.9 Å². The second-order valence-electron chi connectivity index (χ2n) is 8.50. The van der Waals surface area contributed by atoms with E-state index in [1.54, 1.807) is 4.90 Å². The van der Waals surface area contributed by atoms with E-state index in [2.05, 4.69) is 15.1 Å². The molecular formula is C21H24F3N5O3. The summed E-state index contributed by atoms with van der Waals surface area (Å²) in [7, 11) is 0. The monoisotopic (exact) mass is 451 g/mol. The Morgan fingerprint density at radius 3 is 2.44 bits per heavy atom. The zero-order chi connectivity index (χ0) is 22.9. The highest BCUT2D eigenvalue weighted by molar-refractivity contribution is 5.77. The summed E-state index contributed by atoms with van der Waals surface area (Å²) in [6.07, 6.45) is 2.64. The van der Waals surface area contributed by atoms with E-state index in [1.807, 2.05) is 0 Å². The fourth-order valence-corrected chi connectivity index (χ4v) is 4.63. The summed E-state index contributed by atoms with van der Waals surface area (Å²) in [5, 5.41) is 13.0. The van der Waals surface area contributed by atoms with E-state index in [1.165, 1.54) is 23.4 Å². The zero-order valence-corrected chi connectivity index (χ0v) is 17.4. The second kappa shape index (κ2) is 8.87. The van der Waals surface area contributed by atoms with Crippen LogP contribution in [0, 0.1) is 11.8 Å². The molecular weight excluding hydrogens is 427 g/mol. The summed E-state index contributed by atoms with van der Waals surface area (Å²) in [5.41, 5.74) is 0.240. The van der Waals surface area contributed by atoms with Crippen molar-refractivity contribution in [2.45, 2.75) is 57.8 Å². The smallest absolute Gasteiger partial charge is 0.435 e. The molecule has 0 bridgehead atoms. The molecule has 4 rings (SSSR count). The predicted octanol–water partition coefficient (Wildman–Crippen LogP) is 2.91. The molecule has 0 atom stereocenters. The van der Waals surface area contributed by atoms with Crippen LogP contribution in [-0.4, -0.2) is 48.2 Å². The number of amides is 1. The first kappa shape index (κ1) is 22.2. The first-order valence-corrected chi connectivity index (χ1v) is 10.6. The van der Waals surface area contributed by atoms with E-state index in [4.69, 9.17) is 5.11 Å². The zero-order valence-electron chi connectivity index (χ0n) is 17.4. The molecule has 172 valence electrons. The molecule has 1 saturated carbocycles. The van der Waals surface area contributed by atoms with Crippen LogP contribution in [0.3, 0.4) is 0 Å². The maximum absolute atomic E-state index is 13.6. The Hall–Kier alpha value is -2.98. The van der Waals surface area contributed by atoms with Crippen LogP contribution in [0.5, 0.6) is 0 Å². The van der Waals surface area contributed by atoms with Crippen molar-refractivity contribution in [2.75, 3.05) is 6.54 Å². The predicted molar refractivity (Wildman–Crippen MR) is 105 cm³/mol. The van der Waals surface area contributed by atoms with E-state index >= 15 is 0 Å². The standard InChI is InChI=1S/C21H24F3N5O3/c22-21(23,24)19-16-5-6-28(18(30)7-13-1-3-15(4-2-13)20(31)32)11-17(16)29(27-19)10-14-8-25-12-26-9-14/h8-9,12-13,15H,1-7,10-11H2,(H,31,32)/t13-,15-. The Kier molecular flexibility index (Phi) is 6.16. The first-order chi connectivity index (χ1) is 15.2. The highest BCUT2D eigenvalue weighted by Crippen LogP contribution is 2.36. The van der Waals surface area contributed by atoms with E-state index in [9.17, 15) is 22.8 Å². The van der Waals surface area contributed by atoms with Gasteiger partial charge in [-0.1, -0.05) is 0 Å². The van der Waals surface area contributed by atoms with Gasteiger partial charge in [0.15, 0.2) is 5.69 Å². The number of halogens is 3. The Bertz CT molecular complexity index is 985. The molecule has 0 aromatic carbocycles. The third kappa shape index (κ3) is 4.76. The Morgan fingerprint density at radius 1 is 1.12 bits per heavy atom. The van der Waals surface area contributed by atoms with Gasteiger partial charge in [-0.25, -0.2) is 9.97 Å². The minimum atomic E-state index is -4.57. The van der Waals surface area contributed by atoms with Crippen molar-refractivity contribution >= 4 is 11.9 Å². The second-order valence-corrected chi connectivity index (χ2v) is 8.50. The molecule has 0 spiro atoms. The van der Waals surface area contributed by atoms with Crippen LogP contribution >= 0.6 is 0 Å². The van der Waals surface area contributed by atoms with Crippen LogP contribution < -0.4 is 0 Å². The number of fused-ring (bicyclic) bond motifs is 1. The Balaban J connectivity index is 1.49. The number of carbonyl (C=O) groups excluding carboxylic acids is 1. The molecule has 1 aliphatic carbocycles. The Morgan fingerprint density at radius 2 is 1.81 bits per heavy atom. The van der Waals surface area contributed by atoms with Gasteiger partial charge in [-0.3, -0.25) is 14.3 Å². The summed E-state index contributed by atoms with van der Waals surface area (Å²) in [6.45, 7) is 0.357. The molecule has 0 saturated heterocycles. The van der Waals surface area contributed by atoms with Gasteiger partial charge in [-0.05, 0) is 38.0 Å². The van der Waals surface area contributed by atoms with Crippen molar-refractivity contribution in [3.05, 3.63) is 41.2 Å². The van der Waals surface area contributed by atoms with E-state index < -0.39 is 17.8 Å². The molecule has 1 aliphatic heterocycles. The van der Waals surface area contributed by atoms with Crippen molar-refractivity contribution < 1.29 is 27.9 Å². The minimum absolute atomic E-state index is 0.0649.